The number of fused-ring (bicyclic) bond motifs is 3. The van der Waals surface area contributed by atoms with E-state index in [1.54, 1.807) is 19.0 Å². The topological polar surface area (TPSA) is 188 Å². The second kappa shape index (κ2) is 9.84. The van der Waals surface area contributed by atoms with Crippen molar-refractivity contribution >= 4 is 61.6 Å². The van der Waals surface area contributed by atoms with Crippen molar-refractivity contribution in [2.45, 2.75) is 30.0 Å². The van der Waals surface area contributed by atoms with Gasteiger partial charge in [0, 0.05) is 31.3 Å². The fraction of sp³-hybridized carbons (Fsp3) is 0.458. The van der Waals surface area contributed by atoms with Gasteiger partial charge in [-0.3, -0.25) is 19.3 Å². The lowest BCUT2D eigenvalue weighted by molar-refractivity contribution is -0.153. The molecule has 1 saturated carbocycles. The number of rotatable bonds is 5. The van der Waals surface area contributed by atoms with Crippen LogP contribution in [0.15, 0.2) is 23.0 Å². The number of anilines is 1. The Bertz CT molecular complexity index is 1570. The summed E-state index contributed by atoms with van der Waals surface area (Å²) in [4.78, 5) is 42.1. The molecule has 0 aliphatic heterocycles. The van der Waals surface area contributed by atoms with E-state index in [0.29, 0.717) is 5.69 Å². The Balaban J connectivity index is 2.04. The Kier molecular flexibility index (Phi) is 7.45. The predicted molar refractivity (Wildman–Crippen MR) is 145 cm³/mol. The molecular formula is C24H25F3IN3O9S. The predicted octanol–water partition coefficient (Wildman–Crippen LogP) is 1.16. The fourth-order valence-corrected chi connectivity index (χ4v) is 7.20. The number of likely N-dealkylation sites (N-methyl/N-ethyl adjacent to an activating group) is 1. The third kappa shape index (κ3) is 4.47. The van der Waals surface area contributed by atoms with Crippen LogP contribution < -0.4 is 14.8 Å². The number of primary amides is 1. The van der Waals surface area contributed by atoms with Gasteiger partial charge in [0.2, 0.25) is 5.78 Å². The molecule has 4 rings (SSSR count). The first-order valence-electron chi connectivity index (χ1n) is 11.9. The smallest absolute Gasteiger partial charge is 0.508 e. The summed E-state index contributed by atoms with van der Waals surface area (Å²) < 4.78 is 68.0. The summed E-state index contributed by atoms with van der Waals surface area (Å²) in [5.41, 5.74) is -5.01. The van der Waals surface area contributed by atoms with E-state index < -0.39 is 90.6 Å². The third-order valence-electron chi connectivity index (χ3n) is 7.59. The van der Waals surface area contributed by atoms with Crippen LogP contribution >= 0.6 is 22.6 Å². The fourth-order valence-electron chi connectivity index (χ4n) is 5.88. The number of hydrogen-bond donors (Lipinski definition) is 4. The van der Waals surface area contributed by atoms with Gasteiger partial charge in [-0.2, -0.15) is 21.6 Å². The van der Waals surface area contributed by atoms with Crippen LogP contribution in [0, 0.1) is 15.4 Å². The highest BCUT2D eigenvalue weighted by Gasteiger charge is 2.64. The highest BCUT2D eigenvalue weighted by Crippen LogP contribution is 2.54. The summed E-state index contributed by atoms with van der Waals surface area (Å²) in [6.45, 7) is 0. The average molecular weight is 715 g/mol. The molecule has 3 unspecified atom stereocenters. The van der Waals surface area contributed by atoms with Crippen molar-refractivity contribution in [3.8, 4) is 5.75 Å². The van der Waals surface area contributed by atoms with Crippen LogP contribution in [0.5, 0.6) is 5.75 Å². The van der Waals surface area contributed by atoms with Crippen LogP contribution in [-0.4, -0.2) is 91.5 Å². The number of amides is 1. The Labute approximate surface area is 245 Å². The van der Waals surface area contributed by atoms with Gasteiger partial charge >= 0.3 is 15.6 Å². The SMILES string of the molecule is CN(C)c1cc(I)c(OS(=O)(=O)C(F)(F)F)c2c1CC1CC3C(N(C)C)C(=O)C(C(N)=O)=C(O)[C@@]3(O)C(=O)C1=C2O. The molecule has 41 heavy (non-hydrogen) atoms. The maximum Gasteiger partial charge on any atom is 0.534 e. The van der Waals surface area contributed by atoms with Gasteiger partial charge in [0.15, 0.2) is 17.1 Å². The largest absolute Gasteiger partial charge is 0.534 e. The molecule has 0 spiro atoms. The van der Waals surface area contributed by atoms with E-state index in [0.717, 1.165) is 0 Å². The van der Waals surface area contributed by atoms with Crippen molar-refractivity contribution in [1.82, 2.24) is 4.90 Å². The minimum absolute atomic E-state index is 0.147. The van der Waals surface area contributed by atoms with Crippen molar-refractivity contribution in [2.24, 2.45) is 17.6 Å². The molecule has 224 valence electrons. The average Bonchev–Trinajstić information content (AvgIpc) is 2.81. The zero-order chi connectivity index (χ0) is 31.1. The van der Waals surface area contributed by atoms with E-state index in [2.05, 4.69) is 4.18 Å². The number of aliphatic hydroxyl groups is 3. The summed E-state index contributed by atoms with van der Waals surface area (Å²) in [6, 6.07) is 0.0497. The molecule has 12 nitrogen and oxygen atoms in total. The zero-order valence-corrected chi connectivity index (χ0v) is 24.9. The first kappa shape index (κ1) is 31.0. The number of Topliss-reactive ketones (excluding diaryl/α,β-unsaturated/α-hetero) is 2. The number of benzene rings is 1. The standard InChI is InChI=1S/C24H25F3IN3O9S/c1-30(2)12-7-11(28)19(40-41(38,39)24(25,26)27)14-9(12)5-8-6-10-16(31(3)4)18(33)15(22(29)36)21(35)23(10,37)20(34)13(8)17(14)32/h7-8,10,16,32,35,37H,5-6H2,1-4H3,(H2,29,36)/t8?,10?,16?,23-/m0/s1. The van der Waals surface area contributed by atoms with Gasteiger partial charge in [-0.25, -0.2) is 0 Å². The molecule has 1 amide bonds. The summed E-state index contributed by atoms with van der Waals surface area (Å²) >= 11 is 1.52. The van der Waals surface area contributed by atoms with Crippen molar-refractivity contribution < 1.29 is 55.5 Å². The lowest BCUT2D eigenvalue weighted by Crippen LogP contribution is -2.65. The molecule has 1 fully saturated rings. The number of ketones is 2. The third-order valence-corrected chi connectivity index (χ3v) is 9.34. The minimum Gasteiger partial charge on any atom is -0.508 e. The van der Waals surface area contributed by atoms with E-state index in [9.17, 15) is 51.3 Å². The maximum absolute atomic E-state index is 14.0. The Hall–Kier alpha value is -2.90. The van der Waals surface area contributed by atoms with Crippen LogP contribution in [0.4, 0.5) is 18.9 Å². The summed E-state index contributed by atoms with van der Waals surface area (Å²) in [7, 11) is -0.131. The molecule has 0 bridgehead atoms. The van der Waals surface area contributed by atoms with Crippen molar-refractivity contribution in [3.05, 3.63) is 37.7 Å². The first-order chi connectivity index (χ1) is 18.7. The quantitative estimate of drug-likeness (QED) is 0.148. The number of alkyl halides is 3. The number of carbonyl (C=O) groups is 3. The van der Waals surface area contributed by atoms with Crippen molar-refractivity contribution in [3.63, 3.8) is 0 Å². The van der Waals surface area contributed by atoms with Crippen LogP contribution in [0.25, 0.3) is 5.76 Å². The monoisotopic (exact) mass is 715 g/mol. The lowest BCUT2D eigenvalue weighted by Gasteiger charge is -2.50. The van der Waals surface area contributed by atoms with E-state index in [1.807, 2.05) is 0 Å². The molecule has 17 heteroatoms. The van der Waals surface area contributed by atoms with Crippen LogP contribution in [0.2, 0.25) is 0 Å². The van der Waals surface area contributed by atoms with Gasteiger partial charge in [0.05, 0.1) is 15.2 Å². The molecule has 3 aliphatic rings. The second-order valence-electron chi connectivity index (χ2n) is 10.4. The first-order valence-corrected chi connectivity index (χ1v) is 14.3. The Morgan fingerprint density at radius 2 is 1.78 bits per heavy atom. The number of nitrogens with zero attached hydrogens (tertiary/aromatic N) is 2. The number of aliphatic hydroxyl groups excluding tert-OH is 2. The minimum atomic E-state index is -6.21. The summed E-state index contributed by atoms with van der Waals surface area (Å²) in [5.74, 6) is -9.10. The van der Waals surface area contributed by atoms with Crippen molar-refractivity contribution in [2.75, 3.05) is 33.1 Å². The van der Waals surface area contributed by atoms with Gasteiger partial charge in [-0.1, -0.05) is 0 Å². The molecule has 0 radical (unpaired) electrons. The van der Waals surface area contributed by atoms with E-state index in [4.69, 9.17) is 5.73 Å². The summed E-state index contributed by atoms with van der Waals surface area (Å²) in [6.07, 6.45) is -0.358. The van der Waals surface area contributed by atoms with Crippen LogP contribution in [0.3, 0.4) is 0 Å². The Morgan fingerprint density at radius 1 is 1.20 bits per heavy atom. The molecule has 4 atom stereocenters. The molecule has 0 aromatic heterocycles. The van der Waals surface area contributed by atoms with E-state index in [1.165, 1.54) is 47.7 Å². The van der Waals surface area contributed by atoms with Crippen molar-refractivity contribution in [1.29, 1.82) is 0 Å². The zero-order valence-electron chi connectivity index (χ0n) is 21.9. The van der Waals surface area contributed by atoms with E-state index in [-0.39, 0.29) is 22.0 Å². The number of carbonyl (C=O) groups excluding carboxylic acids is 3. The lowest BCUT2D eigenvalue weighted by atomic mass is 9.57. The van der Waals surface area contributed by atoms with Gasteiger partial charge in [0.1, 0.15) is 17.1 Å². The molecule has 1 aromatic carbocycles. The van der Waals surface area contributed by atoms with Crippen LogP contribution in [-0.2, 0) is 30.9 Å². The molecular weight excluding hydrogens is 690 g/mol. The van der Waals surface area contributed by atoms with Gasteiger partial charge < -0.3 is 30.1 Å². The number of hydrogen-bond acceptors (Lipinski definition) is 11. The van der Waals surface area contributed by atoms with Gasteiger partial charge in [0.25, 0.3) is 5.91 Å². The molecule has 1 aromatic rings. The summed E-state index contributed by atoms with van der Waals surface area (Å²) in [5, 5.41) is 34.0. The Morgan fingerprint density at radius 3 is 2.27 bits per heavy atom. The van der Waals surface area contributed by atoms with Crippen LogP contribution in [0.1, 0.15) is 17.5 Å². The normalized spacial score (nSPS) is 26.5. The highest BCUT2D eigenvalue weighted by atomic mass is 127. The molecule has 3 aliphatic carbocycles. The maximum atomic E-state index is 14.0. The van der Waals surface area contributed by atoms with Gasteiger partial charge in [-0.05, 0) is 67.1 Å². The van der Waals surface area contributed by atoms with E-state index >= 15 is 0 Å². The number of halogens is 4. The molecule has 0 saturated heterocycles. The van der Waals surface area contributed by atoms with Gasteiger partial charge in [-0.15, -0.1) is 0 Å². The highest BCUT2D eigenvalue weighted by molar-refractivity contribution is 14.1. The molecule has 0 heterocycles. The molecule has 5 N–H and O–H groups in total. The number of nitrogens with two attached hydrogens (primary N) is 1. The second-order valence-corrected chi connectivity index (χ2v) is 13.1.